The summed E-state index contributed by atoms with van der Waals surface area (Å²) in [4.78, 5) is 0. The number of fused-ring (bicyclic) bond motifs is 1. The van der Waals surface area contributed by atoms with Crippen LogP contribution in [0.4, 0.5) is 21.7 Å². The third-order valence-electron chi connectivity index (χ3n) is 2.61. The summed E-state index contributed by atoms with van der Waals surface area (Å²) < 4.78 is 63.3. The first-order valence-corrected chi connectivity index (χ1v) is 4.52. The van der Waals surface area contributed by atoms with Crippen LogP contribution in [-0.4, -0.2) is 6.98 Å². The van der Waals surface area contributed by atoms with Crippen molar-refractivity contribution in [2.45, 2.75) is 18.8 Å². The van der Waals surface area contributed by atoms with Crippen molar-refractivity contribution in [2.24, 2.45) is 0 Å². The third-order valence-corrected chi connectivity index (χ3v) is 2.61. The SMILES string of the molecule is F[B-](F)(F)c1ccc2c(c1)C(F)(F)CC2.[K+]. The molecule has 0 radical (unpaired) electrons. The minimum absolute atomic E-state index is 0. The molecule has 0 saturated carbocycles. The van der Waals surface area contributed by atoms with Crippen LogP contribution in [0.2, 0.25) is 0 Å². The summed E-state index contributed by atoms with van der Waals surface area (Å²) in [6, 6.07) is 2.61. The molecule has 0 nitrogen and oxygen atoms in total. The predicted molar refractivity (Wildman–Crippen MR) is 47.4 cm³/mol. The number of halogens is 5. The van der Waals surface area contributed by atoms with E-state index in [4.69, 9.17) is 0 Å². The van der Waals surface area contributed by atoms with Gasteiger partial charge in [0.05, 0.1) is 0 Å². The molecule has 0 heterocycles. The summed E-state index contributed by atoms with van der Waals surface area (Å²) in [5, 5.41) is 0. The Kier molecular flexibility index (Phi) is 4.28. The number of alkyl halides is 2. The van der Waals surface area contributed by atoms with Gasteiger partial charge in [0.25, 0.3) is 5.92 Å². The van der Waals surface area contributed by atoms with Gasteiger partial charge in [0, 0.05) is 12.0 Å². The van der Waals surface area contributed by atoms with E-state index in [1.807, 2.05) is 0 Å². The van der Waals surface area contributed by atoms with Gasteiger partial charge in [-0.25, -0.2) is 8.78 Å². The number of aryl methyl sites for hydroxylation is 1. The number of rotatable bonds is 1. The van der Waals surface area contributed by atoms with E-state index in [0.29, 0.717) is 11.6 Å². The van der Waals surface area contributed by atoms with E-state index < -0.39 is 30.3 Å². The second-order valence-corrected chi connectivity index (χ2v) is 3.70. The number of benzene rings is 1. The molecule has 0 fully saturated rings. The Morgan fingerprint density at radius 2 is 1.75 bits per heavy atom. The van der Waals surface area contributed by atoms with Crippen LogP contribution >= 0.6 is 0 Å². The maximum Gasteiger partial charge on any atom is 1.00 e. The fourth-order valence-corrected chi connectivity index (χ4v) is 1.78. The fourth-order valence-electron chi connectivity index (χ4n) is 1.78. The summed E-state index contributed by atoms with van der Waals surface area (Å²) in [6.07, 6.45) is -0.246. The predicted octanol–water partition coefficient (Wildman–Crippen LogP) is -0.217. The van der Waals surface area contributed by atoms with Crippen LogP contribution in [0.3, 0.4) is 0 Å². The molecule has 7 heteroatoms. The average Bonchev–Trinajstić information content (AvgIpc) is 2.41. The molecule has 0 atom stereocenters. The van der Waals surface area contributed by atoms with Gasteiger partial charge < -0.3 is 12.9 Å². The average molecular weight is 260 g/mol. The molecule has 0 bridgehead atoms. The Labute approximate surface area is 132 Å². The van der Waals surface area contributed by atoms with Crippen molar-refractivity contribution >= 4 is 12.4 Å². The van der Waals surface area contributed by atoms with Gasteiger partial charge in [0.2, 0.25) is 0 Å². The summed E-state index contributed by atoms with van der Waals surface area (Å²) in [6.45, 7) is -5.20. The van der Waals surface area contributed by atoms with Crippen LogP contribution in [0.1, 0.15) is 17.5 Å². The molecular formula is C9H7BF5K. The molecule has 16 heavy (non-hydrogen) atoms. The van der Waals surface area contributed by atoms with Gasteiger partial charge in [-0.2, -0.15) is 0 Å². The van der Waals surface area contributed by atoms with E-state index in [1.54, 1.807) is 0 Å². The molecule has 0 spiro atoms. The van der Waals surface area contributed by atoms with Gasteiger partial charge in [-0.05, 0) is 12.0 Å². The maximum atomic E-state index is 13.1. The van der Waals surface area contributed by atoms with E-state index in [2.05, 4.69) is 0 Å². The zero-order valence-electron chi connectivity index (χ0n) is 8.61. The molecule has 0 N–H and O–H groups in total. The Bertz CT molecular complexity index is 401. The third kappa shape index (κ3) is 2.69. The Morgan fingerprint density at radius 1 is 1.12 bits per heavy atom. The van der Waals surface area contributed by atoms with Crippen molar-refractivity contribution in [3.63, 3.8) is 0 Å². The van der Waals surface area contributed by atoms with Crippen LogP contribution < -0.4 is 56.8 Å². The second kappa shape index (κ2) is 4.68. The first-order chi connectivity index (χ1) is 6.81. The summed E-state index contributed by atoms with van der Waals surface area (Å²) in [7, 11) is 0. The largest absolute Gasteiger partial charge is 1.00 e. The Morgan fingerprint density at radius 3 is 2.31 bits per heavy atom. The van der Waals surface area contributed by atoms with Crippen molar-refractivity contribution in [1.82, 2.24) is 0 Å². The van der Waals surface area contributed by atoms with Gasteiger partial charge >= 0.3 is 58.4 Å². The second-order valence-electron chi connectivity index (χ2n) is 3.70. The maximum absolute atomic E-state index is 13.1. The molecule has 0 amide bonds. The van der Waals surface area contributed by atoms with Crippen LogP contribution in [0.5, 0.6) is 0 Å². The molecule has 2 rings (SSSR count). The molecule has 0 aromatic heterocycles. The molecule has 0 saturated heterocycles. The molecular weight excluding hydrogens is 253 g/mol. The quantitative estimate of drug-likeness (QED) is 0.484. The summed E-state index contributed by atoms with van der Waals surface area (Å²) >= 11 is 0. The fraction of sp³-hybridized carbons (Fsp3) is 0.333. The van der Waals surface area contributed by atoms with E-state index in [-0.39, 0.29) is 57.8 Å². The minimum atomic E-state index is -5.20. The van der Waals surface area contributed by atoms with Gasteiger partial charge in [-0.3, -0.25) is 0 Å². The van der Waals surface area contributed by atoms with Gasteiger partial charge in [-0.15, -0.1) is 5.46 Å². The molecule has 82 valence electrons. The van der Waals surface area contributed by atoms with Gasteiger partial charge in [0.1, 0.15) is 0 Å². The molecule has 0 unspecified atom stereocenters. The zero-order chi connectivity index (χ0) is 11.3. The van der Waals surface area contributed by atoms with Crippen molar-refractivity contribution < 1.29 is 73.1 Å². The molecule has 1 aliphatic carbocycles. The van der Waals surface area contributed by atoms with E-state index >= 15 is 0 Å². The first-order valence-electron chi connectivity index (χ1n) is 4.52. The summed E-state index contributed by atoms with van der Waals surface area (Å²) in [5.41, 5.74) is -1.08. The number of hydrogen-bond donors (Lipinski definition) is 0. The van der Waals surface area contributed by atoms with Gasteiger partial charge in [0.15, 0.2) is 0 Å². The van der Waals surface area contributed by atoms with Crippen molar-refractivity contribution in [3.8, 4) is 0 Å². The molecule has 1 aliphatic rings. The van der Waals surface area contributed by atoms with Gasteiger partial charge in [-0.1, -0.05) is 18.2 Å². The van der Waals surface area contributed by atoms with Crippen LogP contribution in [0, 0.1) is 0 Å². The van der Waals surface area contributed by atoms with Crippen LogP contribution in [0.15, 0.2) is 18.2 Å². The van der Waals surface area contributed by atoms with Crippen LogP contribution in [0.25, 0.3) is 0 Å². The topological polar surface area (TPSA) is 0 Å². The smallest absolute Gasteiger partial charge is 0.445 e. The van der Waals surface area contributed by atoms with E-state index in [0.717, 1.165) is 12.1 Å². The first kappa shape index (κ1) is 14.6. The molecule has 1 aromatic rings. The van der Waals surface area contributed by atoms with Crippen LogP contribution in [-0.2, 0) is 12.3 Å². The Hall–Kier alpha value is 0.571. The minimum Gasteiger partial charge on any atom is -0.445 e. The molecule has 0 aliphatic heterocycles. The Balaban J connectivity index is 0.00000128. The normalized spacial score (nSPS) is 17.8. The zero-order valence-corrected chi connectivity index (χ0v) is 11.7. The molecule has 1 aromatic carbocycles. The summed E-state index contributed by atoms with van der Waals surface area (Å²) in [5.74, 6) is -3.10. The van der Waals surface area contributed by atoms with E-state index in [1.165, 1.54) is 0 Å². The van der Waals surface area contributed by atoms with Crippen molar-refractivity contribution in [2.75, 3.05) is 0 Å². The van der Waals surface area contributed by atoms with E-state index in [9.17, 15) is 21.7 Å². The monoisotopic (exact) mass is 260 g/mol. The van der Waals surface area contributed by atoms with Crippen molar-refractivity contribution in [3.05, 3.63) is 29.3 Å². The standard InChI is InChI=1S/C9H7BF5.K/c11-9(12)4-3-6-1-2-7(5-8(6)9)10(13,14)15;/h1-2,5H,3-4H2;/q-1;+1. The number of hydrogen-bond acceptors (Lipinski definition) is 0. The van der Waals surface area contributed by atoms with Crippen molar-refractivity contribution in [1.29, 1.82) is 0 Å².